The van der Waals surface area contributed by atoms with Gasteiger partial charge in [0.25, 0.3) is 5.56 Å². The van der Waals surface area contributed by atoms with E-state index in [-0.39, 0.29) is 22.9 Å². The summed E-state index contributed by atoms with van der Waals surface area (Å²) in [5, 5.41) is 12.6. The Kier molecular flexibility index (Phi) is 6.66. The molecule has 2 aromatic carbocycles. The summed E-state index contributed by atoms with van der Waals surface area (Å²) in [6.07, 6.45) is 0.490. The van der Waals surface area contributed by atoms with Crippen molar-refractivity contribution in [2.75, 3.05) is 6.54 Å². The van der Waals surface area contributed by atoms with Crippen molar-refractivity contribution >= 4 is 27.5 Å². The van der Waals surface area contributed by atoms with Crippen LogP contribution in [0.1, 0.15) is 5.56 Å². The van der Waals surface area contributed by atoms with E-state index in [9.17, 15) is 18.0 Å². The number of amides is 1. The number of nitrogens with one attached hydrogen (secondary N) is 1. The summed E-state index contributed by atoms with van der Waals surface area (Å²) in [6, 6.07) is 16.0. The number of rotatable bonds is 7. The van der Waals surface area contributed by atoms with E-state index in [4.69, 9.17) is 16.7 Å². The number of halogens is 1. The van der Waals surface area contributed by atoms with Gasteiger partial charge in [-0.15, -0.1) is 0 Å². The first-order chi connectivity index (χ1) is 14.2. The summed E-state index contributed by atoms with van der Waals surface area (Å²) in [5.74, 6) is -0.362. The number of aromatic nitrogens is 2. The molecular formula is C20H19ClN4O4S. The molecule has 0 saturated heterocycles. The van der Waals surface area contributed by atoms with Crippen molar-refractivity contribution in [3.8, 4) is 11.3 Å². The number of sulfonamides is 1. The van der Waals surface area contributed by atoms with E-state index in [0.717, 1.165) is 15.8 Å². The van der Waals surface area contributed by atoms with Gasteiger partial charge in [0, 0.05) is 23.2 Å². The summed E-state index contributed by atoms with van der Waals surface area (Å²) in [7, 11) is -3.73. The highest BCUT2D eigenvalue weighted by atomic mass is 35.5. The van der Waals surface area contributed by atoms with Crippen molar-refractivity contribution in [1.29, 1.82) is 0 Å². The van der Waals surface area contributed by atoms with E-state index in [1.165, 1.54) is 18.2 Å². The maximum absolute atomic E-state index is 12.2. The Labute approximate surface area is 178 Å². The zero-order valence-electron chi connectivity index (χ0n) is 15.8. The third-order valence-electron chi connectivity index (χ3n) is 4.29. The van der Waals surface area contributed by atoms with E-state index >= 15 is 0 Å². The normalized spacial score (nSPS) is 11.3. The van der Waals surface area contributed by atoms with Crippen LogP contribution in [0.5, 0.6) is 0 Å². The number of benzene rings is 2. The summed E-state index contributed by atoms with van der Waals surface area (Å²) in [6.45, 7) is 0.101. The molecule has 0 radical (unpaired) electrons. The van der Waals surface area contributed by atoms with Crippen molar-refractivity contribution in [1.82, 2.24) is 15.1 Å². The van der Waals surface area contributed by atoms with Gasteiger partial charge < -0.3 is 5.32 Å². The van der Waals surface area contributed by atoms with Crippen LogP contribution in [0.4, 0.5) is 0 Å². The summed E-state index contributed by atoms with van der Waals surface area (Å²) >= 11 is 5.88. The van der Waals surface area contributed by atoms with Gasteiger partial charge in [0.15, 0.2) is 0 Å². The van der Waals surface area contributed by atoms with Crippen LogP contribution in [-0.4, -0.2) is 30.7 Å². The number of primary sulfonamides is 1. The highest BCUT2D eigenvalue weighted by Crippen LogP contribution is 2.18. The molecule has 0 atom stereocenters. The molecule has 10 heteroatoms. The monoisotopic (exact) mass is 446 g/mol. The Morgan fingerprint density at radius 2 is 1.70 bits per heavy atom. The van der Waals surface area contributed by atoms with Crippen molar-refractivity contribution in [2.45, 2.75) is 17.9 Å². The summed E-state index contributed by atoms with van der Waals surface area (Å²) < 4.78 is 23.6. The van der Waals surface area contributed by atoms with E-state index < -0.39 is 10.0 Å². The Morgan fingerprint density at radius 3 is 2.33 bits per heavy atom. The van der Waals surface area contributed by atoms with Gasteiger partial charge in [0.1, 0.15) is 6.54 Å². The number of carbonyl (C=O) groups excluding carboxylic acids is 1. The van der Waals surface area contributed by atoms with Crippen molar-refractivity contribution < 1.29 is 13.2 Å². The third-order valence-corrected chi connectivity index (χ3v) is 5.47. The second kappa shape index (κ2) is 9.21. The van der Waals surface area contributed by atoms with Crippen LogP contribution in [0.25, 0.3) is 11.3 Å². The first-order valence-electron chi connectivity index (χ1n) is 8.95. The fourth-order valence-corrected chi connectivity index (χ4v) is 3.36. The lowest BCUT2D eigenvalue weighted by molar-refractivity contribution is -0.121. The number of nitrogens with zero attached hydrogens (tertiary/aromatic N) is 2. The molecule has 0 aliphatic carbocycles. The van der Waals surface area contributed by atoms with Crippen molar-refractivity contribution in [3.05, 3.63) is 81.6 Å². The number of hydrogen-bond acceptors (Lipinski definition) is 5. The third kappa shape index (κ3) is 5.76. The Hall–Kier alpha value is -3.01. The minimum atomic E-state index is -3.73. The predicted octanol–water partition coefficient (Wildman–Crippen LogP) is 1.57. The molecule has 3 aromatic rings. The predicted molar refractivity (Wildman–Crippen MR) is 113 cm³/mol. The van der Waals surface area contributed by atoms with Gasteiger partial charge in [-0.05, 0) is 42.3 Å². The number of hydrogen-bond donors (Lipinski definition) is 2. The molecule has 0 spiro atoms. The van der Waals surface area contributed by atoms with E-state index in [1.807, 2.05) is 0 Å². The van der Waals surface area contributed by atoms with Crippen molar-refractivity contribution in [3.63, 3.8) is 0 Å². The van der Waals surface area contributed by atoms with Gasteiger partial charge in [-0.1, -0.05) is 35.9 Å². The Bertz CT molecular complexity index is 1210. The van der Waals surface area contributed by atoms with E-state index in [0.29, 0.717) is 23.7 Å². The van der Waals surface area contributed by atoms with Crippen LogP contribution in [-0.2, 0) is 27.8 Å². The Morgan fingerprint density at radius 1 is 1.03 bits per heavy atom. The van der Waals surface area contributed by atoms with Crippen LogP contribution >= 0.6 is 11.6 Å². The second-order valence-corrected chi connectivity index (χ2v) is 8.51. The molecule has 1 amide bonds. The fourth-order valence-electron chi connectivity index (χ4n) is 2.72. The van der Waals surface area contributed by atoms with Gasteiger partial charge in [0.05, 0.1) is 10.6 Å². The Balaban J connectivity index is 1.59. The molecule has 0 saturated carbocycles. The first-order valence-corrected chi connectivity index (χ1v) is 10.9. The fraction of sp³-hybridized carbons (Fsp3) is 0.150. The molecule has 0 fully saturated rings. The lowest BCUT2D eigenvalue weighted by Crippen LogP contribution is -2.34. The van der Waals surface area contributed by atoms with Gasteiger partial charge in [0.2, 0.25) is 15.9 Å². The molecule has 3 N–H and O–H groups in total. The maximum atomic E-state index is 12.2. The smallest absolute Gasteiger partial charge is 0.267 e. The second-order valence-electron chi connectivity index (χ2n) is 6.51. The van der Waals surface area contributed by atoms with Crippen LogP contribution in [0.2, 0.25) is 5.02 Å². The van der Waals surface area contributed by atoms with Crippen LogP contribution in [0.3, 0.4) is 0 Å². The summed E-state index contributed by atoms with van der Waals surface area (Å²) in [4.78, 5) is 24.3. The van der Waals surface area contributed by atoms with Crippen molar-refractivity contribution in [2.24, 2.45) is 5.14 Å². The van der Waals surface area contributed by atoms with Crippen LogP contribution < -0.4 is 16.0 Å². The largest absolute Gasteiger partial charge is 0.354 e. The SMILES string of the molecule is NS(=O)(=O)c1ccc(CCNC(=O)Cn2nc(-c3ccc(Cl)cc3)ccc2=O)cc1. The molecule has 1 aromatic heterocycles. The summed E-state index contributed by atoms with van der Waals surface area (Å²) in [5.41, 5.74) is 1.77. The van der Waals surface area contributed by atoms with Gasteiger partial charge in [-0.3, -0.25) is 9.59 Å². The van der Waals surface area contributed by atoms with Gasteiger partial charge in [-0.25, -0.2) is 18.2 Å². The zero-order valence-corrected chi connectivity index (χ0v) is 17.4. The first kappa shape index (κ1) is 21.7. The zero-order chi connectivity index (χ0) is 21.7. The average molecular weight is 447 g/mol. The topological polar surface area (TPSA) is 124 Å². The minimum absolute atomic E-state index is 0.0290. The molecule has 1 heterocycles. The highest BCUT2D eigenvalue weighted by molar-refractivity contribution is 7.89. The molecule has 0 aliphatic heterocycles. The van der Waals surface area contributed by atoms with Gasteiger partial charge in [-0.2, -0.15) is 5.10 Å². The molecule has 0 unspecified atom stereocenters. The van der Waals surface area contributed by atoms with Crippen LogP contribution in [0.15, 0.2) is 70.4 Å². The quantitative estimate of drug-likeness (QED) is 0.570. The highest BCUT2D eigenvalue weighted by Gasteiger charge is 2.09. The molecular weight excluding hydrogens is 428 g/mol. The van der Waals surface area contributed by atoms with E-state index in [2.05, 4.69) is 10.4 Å². The molecule has 3 rings (SSSR count). The van der Waals surface area contributed by atoms with Gasteiger partial charge >= 0.3 is 0 Å². The van der Waals surface area contributed by atoms with Crippen LogP contribution in [0, 0.1) is 0 Å². The lowest BCUT2D eigenvalue weighted by Gasteiger charge is -2.09. The standard InChI is InChI=1S/C20H19ClN4O4S/c21-16-5-3-15(4-6-16)18-9-10-20(27)25(24-18)13-19(26)23-12-11-14-1-7-17(8-2-14)30(22,28)29/h1-10H,11-13H2,(H,23,26)(H2,22,28,29). The molecule has 156 valence electrons. The number of carbonyl (C=O) groups is 1. The molecule has 30 heavy (non-hydrogen) atoms. The lowest BCUT2D eigenvalue weighted by atomic mass is 10.1. The molecule has 0 bridgehead atoms. The molecule has 8 nitrogen and oxygen atoms in total. The average Bonchev–Trinajstić information content (AvgIpc) is 2.70. The maximum Gasteiger partial charge on any atom is 0.267 e. The number of nitrogens with two attached hydrogens (primary N) is 1. The molecule has 0 aliphatic rings. The minimum Gasteiger partial charge on any atom is -0.354 e. The van der Waals surface area contributed by atoms with E-state index in [1.54, 1.807) is 42.5 Å².